The predicted octanol–water partition coefficient (Wildman–Crippen LogP) is 3.61. The average Bonchev–Trinajstić information content (AvgIpc) is 2.64. The topological polar surface area (TPSA) is 100 Å². The molecule has 0 spiro atoms. The molecule has 1 heterocycles. The zero-order valence-electron chi connectivity index (χ0n) is 14.4. The Bertz CT molecular complexity index is 925. The van der Waals surface area contributed by atoms with Crippen molar-refractivity contribution < 1.29 is 20.6 Å². The zero-order valence-corrected chi connectivity index (χ0v) is 17.2. The van der Waals surface area contributed by atoms with E-state index >= 15 is 0 Å². The van der Waals surface area contributed by atoms with Crippen molar-refractivity contribution in [3.05, 3.63) is 57.6 Å². The van der Waals surface area contributed by atoms with Crippen LogP contribution in [0, 0.1) is 10.1 Å². The third-order valence-electron chi connectivity index (χ3n) is 3.64. The molecule has 0 unspecified atom stereocenters. The number of hydrogen-bond donors (Lipinski definition) is 0. The SMILES string of the molecule is COC(=O)c1ccc2c(c1)[O][Sn]([CH3])([CH3])[O]c1ccc([N+](=O)[O-])cc1C=N2. The van der Waals surface area contributed by atoms with Crippen molar-refractivity contribution in [1.29, 1.82) is 0 Å². The molecule has 134 valence electrons. The molecule has 0 saturated carbocycles. The molecule has 1 aliphatic heterocycles. The van der Waals surface area contributed by atoms with E-state index < -0.39 is 30.1 Å². The molecular formula is C17H16N2O6Sn. The van der Waals surface area contributed by atoms with Crippen molar-refractivity contribution in [3.8, 4) is 11.5 Å². The van der Waals surface area contributed by atoms with Gasteiger partial charge in [-0.05, 0) is 0 Å². The van der Waals surface area contributed by atoms with Gasteiger partial charge in [-0.1, -0.05) is 0 Å². The summed E-state index contributed by atoms with van der Waals surface area (Å²) >= 11 is -3.55. The number of methoxy groups -OCH3 is 1. The Morgan fingerprint density at radius 2 is 1.88 bits per heavy atom. The Labute approximate surface area is 154 Å². The van der Waals surface area contributed by atoms with Crippen LogP contribution in [0.25, 0.3) is 0 Å². The molecule has 0 aromatic heterocycles. The fourth-order valence-electron chi connectivity index (χ4n) is 2.48. The summed E-state index contributed by atoms with van der Waals surface area (Å²) in [6, 6.07) is 9.14. The van der Waals surface area contributed by atoms with E-state index in [4.69, 9.17) is 10.9 Å². The first-order valence-electron chi connectivity index (χ1n) is 7.72. The maximum atomic E-state index is 11.8. The van der Waals surface area contributed by atoms with E-state index in [1.807, 2.05) is 9.88 Å². The number of rotatable bonds is 2. The number of carbonyl (C=O) groups is 1. The van der Waals surface area contributed by atoms with E-state index in [-0.39, 0.29) is 5.69 Å². The number of non-ortho nitro benzene ring substituents is 1. The normalized spacial score (nSPS) is 14.4. The van der Waals surface area contributed by atoms with Crippen LogP contribution in [0.4, 0.5) is 11.4 Å². The summed E-state index contributed by atoms with van der Waals surface area (Å²) in [6.45, 7) is 0. The standard InChI is InChI=1S/C15H12N2O6.2CH3.Sn/c1-23-15(20)9-2-4-12(14(19)7-9)16-8-10-6-11(17(21)22)3-5-13(10)18;;;/h2-8,18-19H,1H3;2*1H3;/q;;;+2/p-2. The van der Waals surface area contributed by atoms with Gasteiger partial charge >= 0.3 is 154 Å². The molecule has 0 radical (unpaired) electrons. The minimum atomic E-state index is -3.55. The van der Waals surface area contributed by atoms with Crippen LogP contribution in [0.3, 0.4) is 0 Å². The summed E-state index contributed by atoms with van der Waals surface area (Å²) in [4.78, 5) is 30.5. The third kappa shape index (κ3) is 3.79. The van der Waals surface area contributed by atoms with Crippen molar-refractivity contribution in [2.45, 2.75) is 9.88 Å². The molecule has 0 atom stereocenters. The summed E-state index contributed by atoms with van der Waals surface area (Å²) < 4.78 is 16.9. The van der Waals surface area contributed by atoms with Crippen molar-refractivity contribution in [2.24, 2.45) is 4.99 Å². The van der Waals surface area contributed by atoms with Gasteiger partial charge in [0.1, 0.15) is 0 Å². The monoisotopic (exact) mass is 464 g/mol. The van der Waals surface area contributed by atoms with E-state index in [0.29, 0.717) is 28.3 Å². The second kappa shape index (κ2) is 6.94. The first kappa shape index (κ1) is 18.2. The van der Waals surface area contributed by atoms with Crippen LogP contribution in [-0.2, 0) is 4.74 Å². The number of fused-ring (bicyclic) bond motifs is 2. The second-order valence-electron chi connectivity index (χ2n) is 6.02. The minimum absolute atomic E-state index is 0.0479. The number of nitro groups is 1. The van der Waals surface area contributed by atoms with Gasteiger partial charge in [0.15, 0.2) is 0 Å². The van der Waals surface area contributed by atoms with E-state index in [9.17, 15) is 14.9 Å². The molecule has 1 aliphatic rings. The molecule has 3 rings (SSSR count). The molecule has 8 nitrogen and oxygen atoms in total. The molecule has 0 amide bonds. The number of benzene rings is 2. The number of ether oxygens (including phenoxy) is 1. The Kier molecular flexibility index (Phi) is 4.86. The summed E-state index contributed by atoms with van der Waals surface area (Å²) in [6.07, 6.45) is 1.50. The van der Waals surface area contributed by atoms with Gasteiger partial charge in [-0.15, -0.1) is 0 Å². The average molecular weight is 463 g/mol. The Hall–Kier alpha value is -2.62. The second-order valence-corrected chi connectivity index (χ2v) is 15.2. The van der Waals surface area contributed by atoms with Crippen LogP contribution in [0.1, 0.15) is 15.9 Å². The van der Waals surface area contributed by atoms with Gasteiger partial charge in [0, 0.05) is 0 Å². The molecule has 2 aromatic carbocycles. The van der Waals surface area contributed by atoms with Crippen molar-refractivity contribution in [1.82, 2.24) is 0 Å². The molecule has 0 saturated heterocycles. The van der Waals surface area contributed by atoms with Crippen LogP contribution in [0.2, 0.25) is 9.88 Å². The Balaban J connectivity index is 2.11. The van der Waals surface area contributed by atoms with Gasteiger partial charge in [0.05, 0.1) is 0 Å². The van der Waals surface area contributed by atoms with E-state index in [0.717, 1.165) is 0 Å². The van der Waals surface area contributed by atoms with Crippen molar-refractivity contribution in [3.63, 3.8) is 0 Å². The van der Waals surface area contributed by atoms with Crippen LogP contribution in [-0.4, -0.2) is 43.4 Å². The summed E-state index contributed by atoms with van der Waals surface area (Å²) in [7, 11) is 1.30. The van der Waals surface area contributed by atoms with Gasteiger partial charge in [0.25, 0.3) is 0 Å². The fraction of sp³-hybridized carbons (Fsp3) is 0.176. The molecule has 0 fully saturated rings. The first-order valence-corrected chi connectivity index (χ1v) is 15.8. The molecule has 0 aliphatic carbocycles. The summed E-state index contributed by atoms with van der Waals surface area (Å²) in [5.41, 5.74) is 1.30. The summed E-state index contributed by atoms with van der Waals surface area (Å²) in [5.74, 6) is 0.432. The van der Waals surface area contributed by atoms with Crippen LogP contribution in [0.5, 0.6) is 11.5 Å². The third-order valence-corrected chi connectivity index (χ3v) is 7.70. The molecule has 0 N–H and O–H groups in total. The molecule has 9 heteroatoms. The van der Waals surface area contributed by atoms with E-state index in [1.165, 1.54) is 25.5 Å². The number of carbonyl (C=O) groups excluding carboxylic acids is 1. The van der Waals surface area contributed by atoms with Crippen molar-refractivity contribution >= 4 is 42.8 Å². The van der Waals surface area contributed by atoms with Crippen LogP contribution in [0.15, 0.2) is 41.4 Å². The number of nitrogens with zero attached hydrogens (tertiary/aromatic N) is 2. The molecular weight excluding hydrogens is 447 g/mol. The van der Waals surface area contributed by atoms with Gasteiger partial charge in [0.2, 0.25) is 0 Å². The van der Waals surface area contributed by atoms with Gasteiger partial charge < -0.3 is 0 Å². The Morgan fingerprint density at radius 1 is 1.15 bits per heavy atom. The number of hydrogen-bond acceptors (Lipinski definition) is 7. The van der Waals surface area contributed by atoms with E-state index in [2.05, 4.69) is 4.99 Å². The van der Waals surface area contributed by atoms with Crippen molar-refractivity contribution in [2.75, 3.05) is 7.11 Å². The molecule has 26 heavy (non-hydrogen) atoms. The number of aliphatic imine (C=N–C) groups is 1. The summed E-state index contributed by atoms with van der Waals surface area (Å²) in [5, 5.41) is 11.0. The van der Waals surface area contributed by atoms with Gasteiger partial charge in [-0.3, -0.25) is 0 Å². The van der Waals surface area contributed by atoms with E-state index in [1.54, 1.807) is 24.3 Å². The van der Waals surface area contributed by atoms with Crippen LogP contribution >= 0.6 is 0 Å². The zero-order chi connectivity index (χ0) is 18.9. The first-order chi connectivity index (χ1) is 12.3. The van der Waals surface area contributed by atoms with Crippen LogP contribution < -0.4 is 6.15 Å². The number of nitro benzene ring substituents is 1. The Morgan fingerprint density at radius 3 is 2.58 bits per heavy atom. The fourth-order valence-corrected chi connectivity index (χ4v) is 6.62. The van der Waals surface area contributed by atoms with Gasteiger partial charge in [-0.2, -0.15) is 0 Å². The van der Waals surface area contributed by atoms with Gasteiger partial charge in [-0.25, -0.2) is 0 Å². The molecule has 0 bridgehead atoms. The maximum absolute atomic E-state index is 11.8. The number of esters is 1. The quantitative estimate of drug-likeness (QED) is 0.292. The predicted molar refractivity (Wildman–Crippen MR) is 96.9 cm³/mol. The molecule has 2 aromatic rings.